The monoisotopic (exact) mass is 190 g/mol. The molecule has 1 heteroatoms. The van der Waals surface area contributed by atoms with Gasteiger partial charge in [-0.25, -0.2) is 0 Å². The number of carbonyl (C=O) groups is 1. The van der Waals surface area contributed by atoms with Crippen molar-refractivity contribution in [3.63, 3.8) is 0 Å². The molecule has 0 atom stereocenters. The van der Waals surface area contributed by atoms with Crippen molar-refractivity contribution in [2.75, 3.05) is 0 Å². The normalized spacial score (nSPS) is 12.5. The standard InChI is InChI=1S/C13H18O/c1-6-8-13(7-2)12(5)10(3)9-11(4)14/h6,8-9H,1,5,7H2,2-4H3/b10-9-,13-8-. The third-order valence-electron chi connectivity index (χ3n) is 1.98. The van der Waals surface area contributed by atoms with E-state index in [2.05, 4.69) is 20.1 Å². The SMILES string of the molecule is C=C/C=C(/CC)C(=C)/C(C)=C\C(C)=O. The molecule has 0 radical (unpaired) electrons. The summed E-state index contributed by atoms with van der Waals surface area (Å²) in [5, 5.41) is 0. The molecule has 0 fully saturated rings. The van der Waals surface area contributed by atoms with Gasteiger partial charge in [0.25, 0.3) is 0 Å². The first-order chi connectivity index (χ1) is 6.52. The van der Waals surface area contributed by atoms with E-state index >= 15 is 0 Å². The van der Waals surface area contributed by atoms with Crippen LogP contribution in [0.15, 0.2) is 48.1 Å². The van der Waals surface area contributed by atoms with Gasteiger partial charge in [0.05, 0.1) is 0 Å². The molecule has 0 bridgehead atoms. The fourth-order valence-corrected chi connectivity index (χ4v) is 1.22. The predicted octanol–water partition coefficient (Wildman–Crippen LogP) is 3.60. The summed E-state index contributed by atoms with van der Waals surface area (Å²) in [6, 6.07) is 0. The fraction of sp³-hybridized carbons (Fsp3) is 0.308. The molecule has 0 N–H and O–H groups in total. The summed E-state index contributed by atoms with van der Waals surface area (Å²) in [5.74, 6) is 0.0534. The van der Waals surface area contributed by atoms with Gasteiger partial charge >= 0.3 is 0 Å². The zero-order valence-corrected chi connectivity index (χ0v) is 9.26. The van der Waals surface area contributed by atoms with Crippen molar-refractivity contribution in [2.24, 2.45) is 0 Å². The molecule has 0 spiro atoms. The van der Waals surface area contributed by atoms with Gasteiger partial charge in [-0.2, -0.15) is 0 Å². The molecular weight excluding hydrogens is 172 g/mol. The van der Waals surface area contributed by atoms with Gasteiger partial charge in [-0.3, -0.25) is 4.79 Å². The zero-order valence-electron chi connectivity index (χ0n) is 9.26. The first-order valence-electron chi connectivity index (χ1n) is 4.73. The number of allylic oxidation sites excluding steroid dienone is 6. The number of rotatable bonds is 5. The quantitative estimate of drug-likeness (QED) is 0.478. The van der Waals surface area contributed by atoms with Crippen LogP contribution in [0, 0.1) is 0 Å². The molecule has 76 valence electrons. The Morgan fingerprint density at radius 1 is 1.36 bits per heavy atom. The maximum atomic E-state index is 10.9. The highest BCUT2D eigenvalue weighted by atomic mass is 16.1. The lowest BCUT2D eigenvalue weighted by molar-refractivity contribution is -0.112. The van der Waals surface area contributed by atoms with Crippen LogP contribution in [-0.4, -0.2) is 5.78 Å². The molecular formula is C13H18O. The lowest BCUT2D eigenvalue weighted by Gasteiger charge is -2.08. The summed E-state index contributed by atoms with van der Waals surface area (Å²) in [7, 11) is 0. The van der Waals surface area contributed by atoms with Crippen LogP contribution in [0.4, 0.5) is 0 Å². The van der Waals surface area contributed by atoms with Crippen LogP contribution in [0.5, 0.6) is 0 Å². The van der Waals surface area contributed by atoms with Crippen LogP contribution in [-0.2, 0) is 4.79 Å². The van der Waals surface area contributed by atoms with Gasteiger partial charge in [-0.15, -0.1) is 0 Å². The van der Waals surface area contributed by atoms with Crippen molar-refractivity contribution in [2.45, 2.75) is 27.2 Å². The van der Waals surface area contributed by atoms with Gasteiger partial charge in [-0.1, -0.05) is 32.2 Å². The predicted molar refractivity (Wildman–Crippen MR) is 62.1 cm³/mol. The molecule has 0 aliphatic heterocycles. The minimum Gasteiger partial charge on any atom is -0.295 e. The molecule has 0 saturated carbocycles. The number of hydrogen-bond donors (Lipinski definition) is 0. The molecule has 0 saturated heterocycles. The van der Waals surface area contributed by atoms with Crippen LogP contribution in [0.1, 0.15) is 27.2 Å². The Kier molecular flexibility index (Phi) is 5.54. The Labute approximate surface area is 86.5 Å². The van der Waals surface area contributed by atoms with E-state index in [4.69, 9.17) is 0 Å². The molecule has 0 aromatic carbocycles. The molecule has 0 aliphatic carbocycles. The highest BCUT2D eigenvalue weighted by Gasteiger charge is 2.02. The van der Waals surface area contributed by atoms with Gasteiger partial charge in [0, 0.05) is 0 Å². The Bertz CT molecular complexity index is 303. The number of hydrogen-bond acceptors (Lipinski definition) is 1. The first-order valence-corrected chi connectivity index (χ1v) is 4.73. The van der Waals surface area contributed by atoms with E-state index in [1.54, 1.807) is 19.1 Å². The smallest absolute Gasteiger partial charge is 0.152 e. The van der Waals surface area contributed by atoms with E-state index in [0.717, 1.165) is 23.1 Å². The zero-order chi connectivity index (χ0) is 11.1. The van der Waals surface area contributed by atoms with Crippen molar-refractivity contribution in [3.05, 3.63) is 48.1 Å². The van der Waals surface area contributed by atoms with E-state index in [1.165, 1.54) is 0 Å². The topological polar surface area (TPSA) is 17.1 Å². The number of ketones is 1. The molecule has 0 heterocycles. The van der Waals surface area contributed by atoms with Gasteiger partial charge in [0.1, 0.15) is 0 Å². The van der Waals surface area contributed by atoms with E-state index in [1.807, 2.05) is 13.0 Å². The Balaban J connectivity index is 4.85. The summed E-state index contributed by atoms with van der Waals surface area (Å²) < 4.78 is 0. The molecule has 0 aromatic heterocycles. The van der Waals surface area contributed by atoms with Crippen LogP contribution in [0.25, 0.3) is 0 Å². The molecule has 0 aliphatic rings. The highest BCUT2D eigenvalue weighted by Crippen LogP contribution is 2.19. The van der Waals surface area contributed by atoms with Crippen molar-refractivity contribution < 1.29 is 4.79 Å². The summed E-state index contributed by atoms with van der Waals surface area (Å²) >= 11 is 0. The van der Waals surface area contributed by atoms with Crippen molar-refractivity contribution in [3.8, 4) is 0 Å². The first kappa shape index (κ1) is 12.6. The van der Waals surface area contributed by atoms with Crippen LogP contribution in [0.3, 0.4) is 0 Å². The van der Waals surface area contributed by atoms with E-state index in [-0.39, 0.29) is 5.78 Å². The van der Waals surface area contributed by atoms with E-state index in [9.17, 15) is 4.79 Å². The van der Waals surface area contributed by atoms with Gasteiger partial charge in [0.2, 0.25) is 0 Å². The van der Waals surface area contributed by atoms with Crippen molar-refractivity contribution in [1.29, 1.82) is 0 Å². The van der Waals surface area contributed by atoms with Gasteiger partial charge in [0.15, 0.2) is 5.78 Å². The Morgan fingerprint density at radius 3 is 2.29 bits per heavy atom. The Morgan fingerprint density at radius 2 is 1.93 bits per heavy atom. The fourth-order valence-electron chi connectivity index (χ4n) is 1.22. The van der Waals surface area contributed by atoms with E-state index < -0.39 is 0 Å². The summed E-state index contributed by atoms with van der Waals surface area (Å²) in [4.78, 5) is 10.9. The summed E-state index contributed by atoms with van der Waals surface area (Å²) in [5.41, 5.74) is 2.96. The molecule has 0 rings (SSSR count). The number of carbonyl (C=O) groups excluding carboxylic acids is 1. The summed E-state index contributed by atoms with van der Waals surface area (Å²) in [6.45, 7) is 13.1. The second-order valence-corrected chi connectivity index (χ2v) is 3.20. The largest absolute Gasteiger partial charge is 0.295 e. The maximum absolute atomic E-state index is 10.9. The molecule has 1 nitrogen and oxygen atoms in total. The molecule has 0 aromatic rings. The van der Waals surface area contributed by atoms with Crippen molar-refractivity contribution >= 4 is 5.78 Å². The van der Waals surface area contributed by atoms with Crippen LogP contribution in [0.2, 0.25) is 0 Å². The maximum Gasteiger partial charge on any atom is 0.152 e. The lowest BCUT2D eigenvalue weighted by atomic mass is 9.97. The summed E-state index contributed by atoms with van der Waals surface area (Å²) in [6.07, 6.45) is 6.17. The third kappa shape index (κ3) is 4.04. The molecule has 0 amide bonds. The van der Waals surface area contributed by atoms with Crippen molar-refractivity contribution in [1.82, 2.24) is 0 Å². The average Bonchev–Trinajstić information content (AvgIpc) is 2.12. The second kappa shape index (κ2) is 6.14. The lowest BCUT2D eigenvalue weighted by Crippen LogP contribution is -1.92. The second-order valence-electron chi connectivity index (χ2n) is 3.20. The minimum absolute atomic E-state index is 0.0534. The van der Waals surface area contributed by atoms with Crippen LogP contribution < -0.4 is 0 Å². The minimum atomic E-state index is 0.0534. The third-order valence-corrected chi connectivity index (χ3v) is 1.98. The molecule has 14 heavy (non-hydrogen) atoms. The average molecular weight is 190 g/mol. The van der Waals surface area contributed by atoms with Gasteiger partial charge < -0.3 is 0 Å². The molecule has 0 unspecified atom stereocenters. The van der Waals surface area contributed by atoms with E-state index in [0.29, 0.717) is 0 Å². The highest BCUT2D eigenvalue weighted by molar-refractivity contribution is 5.88. The van der Waals surface area contributed by atoms with Crippen LogP contribution >= 0.6 is 0 Å². The van der Waals surface area contributed by atoms with Gasteiger partial charge in [-0.05, 0) is 43.1 Å². The Hall–Kier alpha value is -1.37.